The molecule has 1 aromatic rings. The molecule has 0 bridgehead atoms. The molecular weight excluding hydrogens is 248 g/mol. The number of carboxylic acids is 1. The number of urea groups is 1. The van der Waals surface area contributed by atoms with E-state index in [1.54, 1.807) is 6.92 Å². The van der Waals surface area contributed by atoms with Gasteiger partial charge in [0.2, 0.25) is 0 Å². The number of nitrogens with one attached hydrogen (secondary N) is 1. The van der Waals surface area contributed by atoms with Crippen LogP contribution in [0.25, 0.3) is 0 Å². The minimum absolute atomic E-state index is 0.0406. The Labute approximate surface area is 111 Å². The smallest absolute Gasteiger partial charge is 0.323 e. The maximum atomic E-state index is 12.0. The summed E-state index contributed by atoms with van der Waals surface area (Å²) < 4.78 is 0. The number of hydrogen-bond acceptors (Lipinski definition) is 3. The molecule has 0 aromatic heterocycles. The van der Waals surface area contributed by atoms with Gasteiger partial charge >= 0.3 is 12.0 Å². The van der Waals surface area contributed by atoms with Gasteiger partial charge in [-0.3, -0.25) is 9.69 Å². The predicted octanol–water partition coefficient (Wildman–Crippen LogP) is 1.57. The van der Waals surface area contributed by atoms with Gasteiger partial charge < -0.3 is 15.5 Å². The van der Waals surface area contributed by atoms with E-state index in [2.05, 4.69) is 11.9 Å². The molecule has 1 unspecified atom stereocenters. The average molecular weight is 264 g/mol. The highest BCUT2D eigenvalue weighted by Gasteiger charge is 2.19. The van der Waals surface area contributed by atoms with Crippen LogP contribution in [0.2, 0.25) is 0 Å². The van der Waals surface area contributed by atoms with E-state index < -0.39 is 18.5 Å². The molecule has 0 fully saturated rings. The number of carbonyl (C=O) groups excluding carboxylic acids is 1. The molecule has 0 spiro atoms. The molecule has 0 saturated carbocycles. The Balaban J connectivity index is 2.93. The summed E-state index contributed by atoms with van der Waals surface area (Å²) in [5.74, 6) is -1.09. The van der Waals surface area contributed by atoms with Gasteiger partial charge in [0.05, 0.1) is 0 Å². The second-order valence-electron chi connectivity index (χ2n) is 3.97. The van der Waals surface area contributed by atoms with E-state index in [9.17, 15) is 14.7 Å². The van der Waals surface area contributed by atoms with Gasteiger partial charge in [-0.25, -0.2) is 4.79 Å². The molecular formula is C13H16N2O4. The van der Waals surface area contributed by atoms with Gasteiger partial charge in [0.1, 0.15) is 12.3 Å². The average Bonchev–Trinajstić information content (AvgIpc) is 2.36. The molecule has 0 radical (unpaired) electrons. The summed E-state index contributed by atoms with van der Waals surface area (Å²) in [4.78, 5) is 23.9. The van der Waals surface area contributed by atoms with E-state index in [0.717, 1.165) is 4.90 Å². The van der Waals surface area contributed by atoms with Crippen LogP contribution in [0.5, 0.6) is 5.75 Å². The van der Waals surface area contributed by atoms with Crippen molar-refractivity contribution in [3.8, 4) is 5.75 Å². The molecule has 6 nitrogen and oxygen atoms in total. The Morgan fingerprint density at radius 1 is 1.42 bits per heavy atom. The third kappa shape index (κ3) is 4.34. The van der Waals surface area contributed by atoms with Crippen LogP contribution in [0, 0.1) is 0 Å². The highest BCUT2D eigenvalue weighted by molar-refractivity contribution is 5.96. The summed E-state index contributed by atoms with van der Waals surface area (Å²) in [6.07, 6.45) is 1.54. The van der Waals surface area contributed by atoms with Crippen molar-refractivity contribution in [3.63, 3.8) is 0 Å². The van der Waals surface area contributed by atoms with Crippen molar-refractivity contribution < 1.29 is 19.8 Å². The number of aromatic hydroxyl groups is 1. The number of rotatable bonds is 5. The summed E-state index contributed by atoms with van der Waals surface area (Å²) in [5, 5.41) is 20.6. The van der Waals surface area contributed by atoms with Crippen molar-refractivity contribution in [2.75, 3.05) is 11.4 Å². The number of benzene rings is 1. The van der Waals surface area contributed by atoms with Gasteiger partial charge in [0.25, 0.3) is 0 Å². The Morgan fingerprint density at radius 2 is 2.00 bits per heavy atom. The first-order valence-electron chi connectivity index (χ1n) is 5.65. The molecule has 0 aliphatic rings. The Hall–Kier alpha value is -2.50. The molecule has 2 amide bonds. The van der Waals surface area contributed by atoms with Crippen molar-refractivity contribution >= 4 is 17.7 Å². The highest BCUT2D eigenvalue weighted by atomic mass is 16.4. The number of amides is 2. The highest BCUT2D eigenvalue weighted by Crippen LogP contribution is 2.18. The normalized spacial score (nSPS) is 11.4. The maximum Gasteiger partial charge on any atom is 0.323 e. The zero-order chi connectivity index (χ0) is 14.4. The number of carboxylic acid groups (broad SMARTS) is 1. The van der Waals surface area contributed by atoms with Crippen LogP contribution in [-0.2, 0) is 4.79 Å². The molecule has 3 N–H and O–H groups in total. The molecule has 102 valence electrons. The van der Waals surface area contributed by atoms with E-state index in [4.69, 9.17) is 5.11 Å². The van der Waals surface area contributed by atoms with Crippen LogP contribution in [-0.4, -0.2) is 34.8 Å². The molecule has 0 aliphatic heterocycles. The van der Waals surface area contributed by atoms with Gasteiger partial charge in [-0.05, 0) is 31.2 Å². The molecule has 1 rings (SSSR count). The first kappa shape index (κ1) is 14.6. The van der Waals surface area contributed by atoms with Crippen molar-refractivity contribution in [1.29, 1.82) is 0 Å². The molecule has 19 heavy (non-hydrogen) atoms. The van der Waals surface area contributed by atoms with Crippen LogP contribution in [0.4, 0.5) is 10.5 Å². The van der Waals surface area contributed by atoms with Crippen LogP contribution >= 0.6 is 0 Å². The minimum Gasteiger partial charge on any atom is -0.508 e. The zero-order valence-electron chi connectivity index (χ0n) is 10.5. The van der Waals surface area contributed by atoms with Gasteiger partial charge in [-0.2, -0.15) is 0 Å². The number of phenols is 1. The van der Waals surface area contributed by atoms with Crippen LogP contribution in [0.3, 0.4) is 0 Å². The second-order valence-corrected chi connectivity index (χ2v) is 3.97. The van der Waals surface area contributed by atoms with E-state index in [1.165, 1.54) is 30.3 Å². The van der Waals surface area contributed by atoms with Crippen molar-refractivity contribution in [3.05, 3.63) is 36.9 Å². The Bertz CT molecular complexity index is 470. The Kier molecular flexibility index (Phi) is 4.93. The van der Waals surface area contributed by atoms with E-state index >= 15 is 0 Å². The summed E-state index contributed by atoms with van der Waals surface area (Å²) in [6, 6.07) is 4.89. The molecule has 0 aliphatic carbocycles. The third-order valence-electron chi connectivity index (χ3n) is 2.40. The molecule has 0 saturated heterocycles. The van der Waals surface area contributed by atoms with Crippen LogP contribution in [0.15, 0.2) is 36.9 Å². The lowest BCUT2D eigenvalue weighted by atomic mass is 10.2. The number of hydrogen-bond donors (Lipinski definition) is 3. The maximum absolute atomic E-state index is 12.0. The second kappa shape index (κ2) is 6.44. The number of nitrogens with zero attached hydrogens (tertiary/aromatic N) is 1. The lowest BCUT2D eigenvalue weighted by Crippen LogP contribution is -2.45. The summed E-state index contributed by atoms with van der Waals surface area (Å²) in [5.41, 5.74) is 0.383. The van der Waals surface area contributed by atoms with Crippen molar-refractivity contribution in [2.24, 2.45) is 0 Å². The number of phenolic OH excluding ortho intramolecular Hbond substituents is 1. The van der Waals surface area contributed by atoms with E-state index in [1.807, 2.05) is 0 Å². The van der Waals surface area contributed by atoms with E-state index in [0.29, 0.717) is 5.69 Å². The predicted molar refractivity (Wildman–Crippen MR) is 71.3 cm³/mol. The number of anilines is 1. The van der Waals surface area contributed by atoms with Gasteiger partial charge in [-0.1, -0.05) is 6.08 Å². The van der Waals surface area contributed by atoms with Crippen molar-refractivity contribution in [1.82, 2.24) is 5.32 Å². The van der Waals surface area contributed by atoms with Crippen molar-refractivity contribution in [2.45, 2.75) is 13.0 Å². The monoisotopic (exact) mass is 264 g/mol. The topological polar surface area (TPSA) is 89.9 Å². The Morgan fingerprint density at radius 3 is 2.47 bits per heavy atom. The summed E-state index contributed by atoms with van der Waals surface area (Å²) >= 11 is 0. The first-order chi connectivity index (χ1) is 8.93. The summed E-state index contributed by atoms with van der Waals surface area (Å²) in [6.45, 7) is 4.79. The lowest BCUT2D eigenvalue weighted by molar-refractivity contribution is -0.135. The molecule has 1 atom stereocenters. The fraction of sp³-hybridized carbons (Fsp3) is 0.231. The van der Waals surface area contributed by atoms with Gasteiger partial charge in [0.15, 0.2) is 0 Å². The molecule has 0 heterocycles. The largest absolute Gasteiger partial charge is 0.508 e. The first-order valence-corrected chi connectivity index (χ1v) is 5.65. The fourth-order valence-electron chi connectivity index (χ4n) is 1.38. The molecule has 1 aromatic carbocycles. The van der Waals surface area contributed by atoms with E-state index in [-0.39, 0.29) is 11.8 Å². The third-order valence-corrected chi connectivity index (χ3v) is 2.40. The minimum atomic E-state index is -1.13. The SMILES string of the molecule is C=CC(C)NC(=O)N(CC(=O)O)c1ccc(O)cc1. The van der Waals surface area contributed by atoms with Crippen LogP contribution in [0.1, 0.15) is 6.92 Å². The molecule has 6 heteroatoms. The van der Waals surface area contributed by atoms with Gasteiger partial charge in [0, 0.05) is 11.7 Å². The quantitative estimate of drug-likeness (QED) is 0.704. The standard InChI is InChI=1S/C13H16N2O4/c1-3-9(2)14-13(19)15(8-12(17)18)10-4-6-11(16)7-5-10/h3-7,9,16H,1,8H2,2H3,(H,14,19)(H,17,18). The number of carbonyl (C=O) groups is 2. The van der Waals surface area contributed by atoms with Crippen LogP contribution < -0.4 is 10.2 Å². The fourth-order valence-corrected chi connectivity index (χ4v) is 1.38. The lowest BCUT2D eigenvalue weighted by Gasteiger charge is -2.22. The van der Waals surface area contributed by atoms with Gasteiger partial charge in [-0.15, -0.1) is 6.58 Å². The summed E-state index contributed by atoms with van der Waals surface area (Å²) in [7, 11) is 0. The zero-order valence-corrected chi connectivity index (χ0v) is 10.5. The number of aliphatic carboxylic acids is 1.